The molecule has 0 aliphatic heterocycles. The summed E-state index contributed by atoms with van der Waals surface area (Å²) in [5, 5.41) is 11.3. The molecule has 4 saturated carbocycles. The van der Waals surface area contributed by atoms with E-state index in [-0.39, 0.29) is 5.54 Å². The largest absolute Gasteiger partial charge is 0.356 e. The van der Waals surface area contributed by atoms with Gasteiger partial charge in [0.2, 0.25) is 10.6 Å². The average molecular weight is 388 g/mol. The van der Waals surface area contributed by atoms with Gasteiger partial charge < -0.3 is 5.32 Å². The highest BCUT2D eigenvalue weighted by Crippen LogP contribution is 2.55. The van der Waals surface area contributed by atoms with Gasteiger partial charge in [-0.05, 0) is 80.7 Å². The number of rotatable bonds is 3. The van der Waals surface area contributed by atoms with E-state index >= 15 is 0 Å². The maximum absolute atomic E-state index is 5.64. The van der Waals surface area contributed by atoms with Crippen molar-refractivity contribution in [3.05, 3.63) is 23.4 Å². The van der Waals surface area contributed by atoms with Crippen molar-refractivity contribution in [2.75, 3.05) is 5.43 Å². The lowest BCUT2D eigenvalue weighted by atomic mass is 9.53. The Morgan fingerprint density at radius 3 is 2.46 bits per heavy atom. The Balaban J connectivity index is 1.36. The minimum atomic E-state index is 0.150. The highest BCUT2D eigenvalue weighted by Gasteiger charge is 2.51. The Bertz CT molecular complexity index is 853. The first kappa shape index (κ1) is 16.3. The first-order chi connectivity index (χ1) is 12.6. The van der Waals surface area contributed by atoms with Crippen LogP contribution in [-0.2, 0) is 0 Å². The van der Waals surface area contributed by atoms with Crippen LogP contribution in [0.5, 0.6) is 0 Å². The van der Waals surface area contributed by atoms with Crippen LogP contribution in [0, 0.1) is 22.5 Å². The normalized spacial score (nSPS) is 31.8. The average Bonchev–Trinajstić information content (AvgIpc) is 2.94. The molecule has 0 radical (unpaired) electrons. The molecule has 0 aromatic carbocycles. The zero-order chi connectivity index (χ0) is 17.7. The van der Waals surface area contributed by atoms with E-state index in [0.29, 0.717) is 21.4 Å². The summed E-state index contributed by atoms with van der Waals surface area (Å²) in [5.41, 5.74) is 3.98. The zero-order valence-electron chi connectivity index (χ0n) is 14.3. The maximum Gasteiger partial charge on any atom is 0.215 e. The predicted molar refractivity (Wildman–Crippen MR) is 104 cm³/mol. The molecule has 2 aromatic rings. The Kier molecular flexibility index (Phi) is 3.82. The van der Waals surface area contributed by atoms with Gasteiger partial charge in [-0.25, -0.2) is 14.8 Å². The van der Waals surface area contributed by atoms with Crippen molar-refractivity contribution < 1.29 is 0 Å². The number of hydrogen-bond acceptors (Lipinski definition) is 5. The monoisotopic (exact) mass is 387 g/mol. The molecule has 0 saturated heterocycles. The van der Waals surface area contributed by atoms with E-state index in [1.165, 1.54) is 38.5 Å². The van der Waals surface area contributed by atoms with Crippen molar-refractivity contribution in [2.45, 2.75) is 44.1 Å². The second-order valence-electron chi connectivity index (χ2n) is 8.04. The fraction of sp³-hybridized carbons (Fsp3) is 0.588. The summed E-state index contributed by atoms with van der Waals surface area (Å²) in [6.07, 6.45) is 12.8. The van der Waals surface area contributed by atoms with Crippen molar-refractivity contribution in [3.8, 4) is 11.5 Å². The first-order valence-electron chi connectivity index (χ1n) is 9.13. The molecule has 7 nitrogen and oxygen atoms in total. The van der Waals surface area contributed by atoms with Gasteiger partial charge in [-0.2, -0.15) is 5.10 Å². The van der Waals surface area contributed by atoms with Crippen LogP contribution in [0.25, 0.3) is 11.5 Å². The summed E-state index contributed by atoms with van der Waals surface area (Å²) in [6, 6.07) is 0. The number of H-pyrrole nitrogens is 1. The van der Waals surface area contributed by atoms with Gasteiger partial charge in [0.1, 0.15) is 5.69 Å². The van der Waals surface area contributed by atoms with Crippen LogP contribution in [0.15, 0.2) is 18.6 Å². The Morgan fingerprint density at radius 1 is 1.15 bits per heavy atom. The van der Waals surface area contributed by atoms with Gasteiger partial charge in [0.15, 0.2) is 5.11 Å². The van der Waals surface area contributed by atoms with Crippen LogP contribution >= 0.6 is 24.4 Å². The van der Waals surface area contributed by atoms with E-state index in [1.807, 2.05) is 0 Å². The number of hydrogen-bond donors (Lipinski definition) is 3. The molecule has 136 valence electrons. The molecular weight excluding hydrogens is 366 g/mol. The molecule has 4 aliphatic carbocycles. The van der Waals surface area contributed by atoms with Crippen LogP contribution in [-0.4, -0.2) is 35.5 Å². The smallest absolute Gasteiger partial charge is 0.215 e. The maximum atomic E-state index is 5.64. The number of nitrogens with zero attached hydrogens (tertiary/aromatic N) is 4. The molecule has 4 aliphatic rings. The van der Waals surface area contributed by atoms with Crippen LogP contribution in [0.2, 0.25) is 0 Å². The van der Waals surface area contributed by atoms with Gasteiger partial charge in [-0.1, -0.05) is 0 Å². The molecule has 0 atom stereocenters. The molecule has 0 unspecified atom stereocenters. The SMILES string of the molecule is S=C(Nn1c(-c2cnccn2)n[nH]c1=S)NC12CC3CC(CC(C3)C1)C2. The molecule has 26 heavy (non-hydrogen) atoms. The van der Waals surface area contributed by atoms with E-state index in [9.17, 15) is 0 Å². The zero-order valence-corrected chi connectivity index (χ0v) is 15.9. The number of thiocarbonyl (C=S) groups is 1. The summed E-state index contributed by atoms with van der Waals surface area (Å²) in [6.45, 7) is 0. The number of aromatic amines is 1. The molecule has 2 heterocycles. The molecule has 4 fully saturated rings. The van der Waals surface area contributed by atoms with E-state index in [2.05, 4.69) is 30.9 Å². The molecule has 3 N–H and O–H groups in total. The number of aromatic nitrogens is 5. The standard InChI is InChI=1S/C17H21N7S2/c25-15(20-17-6-10-3-11(7-17)5-12(4-10)8-17)23-24-14(21-22-16(24)26)13-9-18-1-2-19-13/h1-2,9-12H,3-8H2,(H,22,26)(H2,20,23,25). The van der Waals surface area contributed by atoms with Gasteiger partial charge in [-0.3, -0.25) is 10.4 Å². The molecule has 0 spiro atoms. The van der Waals surface area contributed by atoms with Crippen molar-refractivity contribution in [3.63, 3.8) is 0 Å². The first-order valence-corrected chi connectivity index (χ1v) is 9.95. The van der Waals surface area contributed by atoms with Crippen molar-refractivity contribution in [1.82, 2.24) is 30.2 Å². The second-order valence-corrected chi connectivity index (χ2v) is 8.84. The van der Waals surface area contributed by atoms with Crippen molar-refractivity contribution >= 4 is 29.5 Å². The van der Waals surface area contributed by atoms with Gasteiger partial charge >= 0.3 is 0 Å². The second kappa shape index (κ2) is 6.09. The highest BCUT2D eigenvalue weighted by atomic mass is 32.1. The Hall–Kier alpha value is -1.87. The van der Waals surface area contributed by atoms with Crippen LogP contribution < -0.4 is 10.7 Å². The quantitative estimate of drug-likeness (QED) is 0.699. The van der Waals surface area contributed by atoms with E-state index in [1.54, 1.807) is 23.3 Å². The minimum Gasteiger partial charge on any atom is -0.356 e. The summed E-state index contributed by atoms with van der Waals surface area (Å²) < 4.78 is 2.11. The Morgan fingerprint density at radius 2 is 1.85 bits per heavy atom. The van der Waals surface area contributed by atoms with Crippen LogP contribution in [0.4, 0.5) is 0 Å². The third-order valence-electron chi connectivity index (χ3n) is 6.09. The van der Waals surface area contributed by atoms with E-state index in [0.717, 1.165) is 17.8 Å². The number of nitrogens with one attached hydrogen (secondary N) is 3. The van der Waals surface area contributed by atoms with Gasteiger partial charge in [-0.15, -0.1) is 0 Å². The van der Waals surface area contributed by atoms with E-state index in [4.69, 9.17) is 24.4 Å². The molecule has 9 heteroatoms. The fourth-order valence-electron chi connectivity index (χ4n) is 5.62. The van der Waals surface area contributed by atoms with E-state index < -0.39 is 0 Å². The molecule has 4 bridgehead atoms. The molecular formula is C17H21N7S2. The lowest BCUT2D eigenvalue weighted by molar-refractivity contribution is -0.00980. The molecule has 2 aromatic heterocycles. The Labute approximate surface area is 162 Å². The van der Waals surface area contributed by atoms with Crippen LogP contribution in [0.1, 0.15) is 38.5 Å². The summed E-state index contributed by atoms with van der Waals surface area (Å²) in [4.78, 5) is 8.39. The third-order valence-corrected chi connectivity index (χ3v) is 6.56. The molecule has 0 amide bonds. The lowest BCUT2D eigenvalue weighted by Gasteiger charge is -2.57. The van der Waals surface area contributed by atoms with Crippen molar-refractivity contribution in [1.29, 1.82) is 0 Å². The van der Waals surface area contributed by atoms with Gasteiger partial charge in [0.05, 0.1) is 6.20 Å². The predicted octanol–water partition coefficient (Wildman–Crippen LogP) is 2.78. The van der Waals surface area contributed by atoms with Gasteiger partial charge in [0, 0.05) is 17.9 Å². The highest BCUT2D eigenvalue weighted by molar-refractivity contribution is 7.80. The summed E-state index contributed by atoms with van der Waals surface area (Å²) >= 11 is 11.0. The lowest BCUT2D eigenvalue weighted by Crippen LogP contribution is -2.61. The van der Waals surface area contributed by atoms with Crippen molar-refractivity contribution in [2.24, 2.45) is 17.8 Å². The van der Waals surface area contributed by atoms with Gasteiger partial charge in [0.25, 0.3) is 0 Å². The topological polar surface area (TPSA) is 83.5 Å². The molecule has 6 rings (SSSR count). The minimum absolute atomic E-state index is 0.150. The summed E-state index contributed by atoms with van der Waals surface area (Å²) in [7, 11) is 0. The third kappa shape index (κ3) is 2.83. The summed E-state index contributed by atoms with van der Waals surface area (Å²) in [5.74, 6) is 3.16. The fourth-order valence-corrected chi connectivity index (χ4v) is 6.11. The van der Waals surface area contributed by atoms with Crippen LogP contribution in [0.3, 0.4) is 0 Å².